The summed E-state index contributed by atoms with van der Waals surface area (Å²) >= 11 is 17.7. The summed E-state index contributed by atoms with van der Waals surface area (Å²) in [7, 11) is 0. The van der Waals surface area contributed by atoms with Gasteiger partial charge in [-0.3, -0.25) is 10.2 Å². The van der Waals surface area contributed by atoms with Crippen molar-refractivity contribution in [2.24, 2.45) is 0 Å². The number of ketones is 1. The Balaban J connectivity index is 1.18. The minimum atomic E-state index is -2.13. The largest absolute Gasteiger partial charge is 0.460 e. The molecule has 16 heteroatoms. The highest BCUT2D eigenvalue weighted by molar-refractivity contribution is 6.76. The maximum absolute atomic E-state index is 13.3. The standard InChI is InChI=1S/C43H50Cl3NO12/c1-24(48)14-18-35(49)55-32-17-19-36(52-25(32)2)57-39-26(3)53-37(21-33(39)51-23-28-15-16-29-10-8-9-13-31(29)20-28)56-34-22-38(58-42(47)43(44,45)46)54-27(4)40(34)59-41(50)30-11-6-5-7-12-30/h5-13,15-16,20,25-27,32-34,36-40,47H,14,17-19,21-23H2,1-4H3/t25-,26+,27+,32-,33+,34+,36-,37-,38-,39+,40+/m0/s1. The SMILES string of the molecule is CC(=O)CCC(=O)O[C@H]1CC[C@H](O[C@@H]2[C@@H](C)O[C@@H](O[C@@H]3C[C@H](OC(=N)C(Cl)(Cl)Cl)O[C@H](C)[C@H]3OC(=O)c3ccccc3)C[C@H]2OCc2ccc3ccccc3c2)O[C@H]1C. The molecule has 6 rings (SSSR count). The number of hydrogen-bond donors (Lipinski definition) is 1. The predicted molar refractivity (Wildman–Crippen MR) is 218 cm³/mol. The van der Waals surface area contributed by atoms with Gasteiger partial charge >= 0.3 is 11.9 Å². The van der Waals surface area contributed by atoms with Crippen molar-refractivity contribution in [2.45, 2.75) is 144 Å². The van der Waals surface area contributed by atoms with Gasteiger partial charge in [0.2, 0.25) is 12.2 Å². The van der Waals surface area contributed by atoms with Gasteiger partial charge in [0.05, 0.1) is 43.0 Å². The summed E-state index contributed by atoms with van der Waals surface area (Å²) in [6, 6.07) is 22.8. The van der Waals surface area contributed by atoms with E-state index in [0.29, 0.717) is 18.4 Å². The Morgan fingerprint density at radius 2 is 1.36 bits per heavy atom. The molecule has 3 fully saturated rings. The Morgan fingerprint density at radius 3 is 2.07 bits per heavy atom. The van der Waals surface area contributed by atoms with Crippen LogP contribution in [-0.4, -0.2) is 95.1 Å². The zero-order valence-electron chi connectivity index (χ0n) is 33.3. The first-order valence-electron chi connectivity index (χ1n) is 19.8. The molecule has 3 heterocycles. The van der Waals surface area contributed by atoms with Crippen LogP contribution in [-0.2, 0) is 58.8 Å². The van der Waals surface area contributed by atoms with Crippen LogP contribution in [0.2, 0.25) is 0 Å². The number of hydrogen-bond acceptors (Lipinski definition) is 13. The molecule has 3 saturated heterocycles. The molecule has 3 aliphatic rings. The second-order valence-corrected chi connectivity index (χ2v) is 17.4. The van der Waals surface area contributed by atoms with Gasteiger partial charge in [-0.25, -0.2) is 4.79 Å². The second-order valence-electron chi connectivity index (χ2n) is 15.1. The summed E-state index contributed by atoms with van der Waals surface area (Å²) < 4.78 is 53.7. The topological polar surface area (TPSA) is 158 Å². The van der Waals surface area contributed by atoms with E-state index < -0.39 is 89.3 Å². The second kappa shape index (κ2) is 20.5. The van der Waals surface area contributed by atoms with E-state index >= 15 is 0 Å². The highest BCUT2D eigenvalue weighted by atomic mass is 35.6. The summed E-state index contributed by atoms with van der Waals surface area (Å²) in [6.07, 6.45) is -6.57. The molecular formula is C43H50Cl3NO12. The normalized spacial score (nSPS) is 30.0. The molecule has 0 bridgehead atoms. The lowest BCUT2D eigenvalue weighted by molar-refractivity contribution is -0.327. The minimum Gasteiger partial charge on any atom is -0.460 e. The van der Waals surface area contributed by atoms with Crippen LogP contribution in [0.4, 0.5) is 0 Å². The van der Waals surface area contributed by atoms with Crippen molar-refractivity contribution < 1.29 is 57.0 Å². The van der Waals surface area contributed by atoms with Crippen LogP contribution in [0.5, 0.6) is 0 Å². The van der Waals surface area contributed by atoms with E-state index in [1.165, 1.54) is 6.92 Å². The summed E-state index contributed by atoms with van der Waals surface area (Å²) in [5, 5.41) is 10.3. The number of rotatable bonds is 14. The smallest absolute Gasteiger partial charge is 0.338 e. The number of nitrogens with one attached hydrogen (secondary N) is 1. The molecule has 3 aromatic carbocycles. The lowest BCUT2D eigenvalue weighted by atomic mass is 9.99. The van der Waals surface area contributed by atoms with Crippen molar-refractivity contribution in [3.63, 3.8) is 0 Å². The number of carbonyl (C=O) groups excluding carboxylic acids is 3. The molecule has 0 radical (unpaired) electrons. The first-order chi connectivity index (χ1) is 28.1. The fraction of sp³-hybridized carbons (Fsp3) is 0.535. The highest BCUT2D eigenvalue weighted by Crippen LogP contribution is 2.36. The van der Waals surface area contributed by atoms with Gasteiger partial charge in [0, 0.05) is 25.7 Å². The Bertz CT molecular complexity index is 1910. The molecule has 3 aliphatic heterocycles. The van der Waals surface area contributed by atoms with Crippen LogP contribution in [0.1, 0.15) is 82.1 Å². The number of carbonyl (C=O) groups is 3. The molecule has 0 saturated carbocycles. The van der Waals surface area contributed by atoms with E-state index in [1.807, 2.05) is 50.2 Å². The Labute approximate surface area is 358 Å². The number of alkyl halides is 3. The summed E-state index contributed by atoms with van der Waals surface area (Å²) in [6.45, 7) is 7.06. The molecule has 0 aliphatic carbocycles. The van der Waals surface area contributed by atoms with Crippen molar-refractivity contribution in [1.29, 1.82) is 5.41 Å². The van der Waals surface area contributed by atoms with Crippen LogP contribution < -0.4 is 0 Å². The molecule has 1 N–H and O–H groups in total. The van der Waals surface area contributed by atoms with Crippen LogP contribution in [0.15, 0.2) is 72.8 Å². The van der Waals surface area contributed by atoms with Crippen LogP contribution in [0.3, 0.4) is 0 Å². The number of ether oxygens (including phenoxy) is 9. The van der Waals surface area contributed by atoms with Crippen molar-refractivity contribution in [2.75, 3.05) is 0 Å². The van der Waals surface area contributed by atoms with Crippen molar-refractivity contribution in [3.8, 4) is 0 Å². The average molecular weight is 879 g/mol. The summed E-state index contributed by atoms with van der Waals surface area (Å²) in [5.41, 5.74) is 1.30. The van der Waals surface area contributed by atoms with Gasteiger partial charge in [0.15, 0.2) is 18.7 Å². The lowest BCUT2D eigenvalue weighted by Crippen LogP contribution is -2.56. The molecule has 0 unspecified atom stereocenters. The molecule has 59 heavy (non-hydrogen) atoms. The highest BCUT2D eigenvalue weighted by Gasteiger charge is 2.47. The molecule has 320 valence electrons. The average Bonchev–Trinajstić information content (AvgIpc) is 3.19. The Hall–Kier alpha value is -3.37. The van der Waals surface area contributed by atoms with E-state index in [4.69, 9.17) is 82.8 Å². The van der Waals surface area contributed by atoms with Gasteiger partial charge in [-0.15, -0.1) is 0 Å². The van der Waals surface area contributed by atoms with Crippen molar-refractivity contribution >= 4 is 69.2 Å². The maximum Gasteiger partial charge on any atom is 0.338 e. The Kier molecular flexibility index (Phi) is 15.7. The number of fused-ring (bicyclic) bond motifs is 1. The molecule has 3 aromatic rings. The van der Waals surface area contributed by atoms with Crippen molar-refractivity contribution in [1.82, 2.24) is 0 Å². The molecule has 0 aromatic heterocycles. The van der Waals surface area contributed by atoms with Gasteiger partial charge in [0.1, 0.15) is 24.1 Å². The fourth-order valence-electron chi connectivity index (χ4n) is 7.38. The monoisotopic (exact) mass is 877 g/mol. The van der Waals surface area contributed by atoms with Crippen LogP contribution >= 0.6 is 34.8 Å². The molecular weight excluding hydrogens is 829 g/mol. The van der Waals surface area contributed by atoms with Gasteiger partial charge in [0.25, 0.3) is 3.79 Å². The molecule has 0 amide bonds. The van der Waals surface area contributed by atoms with Gasteiger partial charge in [-0.1, -0.05) is 89.4 Å². The van der Waals surface area contributed by atoms with E-state index in [-0.39, 0.29) is 38.1 Å². The Morgan fingerprint density at radius 1 is 0.695 bits per heavy atom. The quantitative estimate of drug-likeness (QED) is 0.0718. The van der Waals surface area contributed by atoms with Crippen LogP contribution in [0.25, 0.3) is 10.8 Å². The first kappa shape index (κ1) is 45.2. The number of Topliss-reactive ketones (excluding diaryl/α,β-unsaturated/α-hetero) is 1. The van der Waals surface area contributed by atoms with E-state index in [0.717, 1.165) is 16.3 Å². The molecule has 0 spiro atoms. The zero-order valence-corrected chi connectivity index (χ0v) is 35.5. The minimum absolute atomic E-state index is 0.00865. The fourth-order valence-corrected chi connectivity index (χ4v) is 7.52. The van der Waals surface area contributed by atoms with E-state index in [9.17, 15) is 14.4 Å². The third-order valence-electron chi connectivity index (χ3n) is 10.5. The van der Waals surface area contributed by atoms with Crippen LogP contribution in [0, 0.1) is 5.41 Å². The van der Waals surface area contributed by atoms with Gasteiger partial charge in [-0.05, 0) is 68.7 Å². The summed E-state index contributed by atoms with van der Waals surface area (Å²) in [4.78, 5) is 37.0. The third kappa shape index (κ3) is 12.6. The van der Waals surface area contributed by atoms with Crippen molar-refractivity contribution in [3.05, 3.63) is 83.9 Å². The lowest BCUT2D eigenvalue weighted by Gasteiger charge is -2.45. The van der Waals surface area contributed by atoms with E-state index in [2.05, 4.69) is 6.07 Å². The van der Waals surface area contributed by atoms with Gasteiger partial charge < -0.3 is 47.4 Å². The third-order valence-corrected chi connectivity index (χ3v) is 11.0. The number of halogens is 3. The first-order valence-corrected chi connectivity index (χ1v) is 20.9. The number of benzene rings is 3. The van der Waals surface area contributed by atoms with E-state index in [1.54, 1.807) is 37.3 Å². The van der Waals surface area contributed by atoms with Gasteiger partial charge in [-0.2, -0.15) is 0 Å². The molecule has 11 atom stereocenters. The zero-order chi connectivity index (χ0) is 42.3. The summed E-state index contributed by atoms with van der Waals surface area (Å²) in [5.74, 6) is -1.74. The predicted octanol–water partition coefficient (Wildman–Crippen LogP) is 8.16. The maximum atomic E-state index is 13.3. The molecule has 13 nitrogen and oxygen atoms in total. The number of esters is 2.